The zero-order chi connectivity index (χ0) is 29.5. The highest BCUT2D eigenvalue weighted by Crippen LogP contribution is 2.55. The van der Waals surface area contributed by atoms with Gasteiger partial charge < -0.3 is 10.2 Å². The molecule has 0 bridgehead atoms. The number of rotatable bonds is 6. The van der Waals surface area contributed by atoms with Gasteiger partial charge in [-0.1, -0.05) is 25.4 Å². The van der Waals surface area contributed by atoms with E-state index in [1.165, 1.54) is 23.4 Å². The second-order valence-corrected chi connectivity index (χ2v) is 13.2. The van der Waals surface area contributed by atoms with Crippen LogP contribution in [-0.2, 0) is 26.8 Å². The van der Waals surface area contributed by atoms with Crippen LogP contribution >= 0.6 is 11.6 Å². The molecule has 11 heteroatoms. The lowest BCUT2D eigenvalue weighted by atomic mass is 9.66. The third-order valence-corrected chi connectivity index (χ3v) is 10.4. The molecule has 1 unspecified atom stereocenters. The van der Waals surface area contributed by atoms with Gasteiger partial charge in [-0.25, -0.2) is 12.8 Å². The first-order valence-corrected chi connectivity index (χ1v) is 15.3. The Hall–Kier alpha value is -3.50. The Morgan fingerprint density at radius 1 is 1.12 bits per heavy atom. The Bertz CT molecular complexity index is 1590. The molecule has 1 aromatic heterocycles. The number of hydrogen-bond donors (Lipinski definition) is 1. The molecule has 3 aromatic rings. The van der Waals surface area contributed by atoms with Crippen LogP contribution in [0.3, 0.4) is 0 Å². The molecule has 2 aliphatic rings. The van der Waals surface area contributed by atoms with E-state index in [0.29, 0.717) is 47.9 Å². The lowest BCUT2D eigenvalue weighted by Gasteiger charge is -2.46. The largest absolute Gasteiger partial charge is 0.346 e. The van der Waals surface area contributed by atoms with Gasteiger partial charge in [0, 0.05) is 37.2 Å². The second kappa shape index (κ2) is 11.1. The van der Waals surface area contributed by atoms with Crippen molar-refractivity contribution < 1.29 is 22.4 Å². The number of carbonyl (C=O) groups is 2. The molecule has 1 N–H and O–H groups in total. The summed E-state index contributed by atoms with van der Waals surface area (Å²) in [5.74, 6) is -1.00. The minimum Gasteiger partial charge on any atom is -0.346 e. The molecule has 1 saturated heterocycles. The number of hydrogen-bond acceptors (Lipinski definition) is 5. The first kappa shape index (κ1) is 29.0. The van der Waals surface area contributed by atoms with Gasteiger partial charge in [-0.15, -0.1) is 0 Å². The van der Waals surface area contributed by atoms with Gasteiger partial charge in [0.05, 0.1) is 33.9 Å². The summed E-state index contributed by atoms with van der Waals surface area (Å²) >= 11 is 6.20. The predicted octanol–water partition coefficient (Wildman–Crippen LogP) is 4.92. The highest BCUT2D eigenvalue weighted by atomic mass is 35.5. The third kappa shape index (κ3) is 5.19. The molecule has 5 rings (SSSR count). The van der Waals surface area contributed by atoms with E-state index in [2.05, 4.69) is 10.3 Å². The van der Waals surface area contributed by atoms with Crippen LogP contribution in [0.2, 0.25) is 5.02 Å². The summed E-state index contributed by atoms with van der Waals surface area (Å²) in [6, 6.07) is 12.8. The topological polar surface area (TPSA) is 99.7 Å². The van der Waals surface area contributed by atoms with E-state index in [1.807, 2.05) is 13.8 Å². The number of amides is 2. The Balaban J connectivity index is 1.59. The van der Waals surface area contributed by atoms with Crippen molar-refractivity contribution >= 4 is 39.1 Å². The maximum atomic E-state index is 14.2. The molecule has 1 atom stereocenters. The van der Waals surface area contributed by atoms with Crippen molar-refractivity contribution in [2.24, 2.45) is 5.92 Å². The summed E-state index contributed by atoms with van der Waals surface area (Å²) in [5, 5.41) is 3.30. The molecule has 1 spiro atoms. The maximum Gasteiger partial charge on any atom is 0.264 e. The molecule has 41 heavy (non-hydrogen) atoms. The third-order valence-electron chi connectivity index (χ3n) is 8.21. The van der Waals surface area contributed by atoms with Crippen molar-refractivity contribution in [1.82, 2.24) is 15.2 Å². The Morgan fingerprint density at radius 3 is 2.41 bits per heavy atom. The molecule has 216 valence electrons. The van der Waals surface area contributed by atoms with Crippen LogP contribution in [-0.4, -0.2) is 49.2 Å². The second-order valence-electron chi connectivity index (χ2n) is 11.0. The summed E-state index contributed by atoms with van der Waals surface area (Å²) in [4.78, 5) is 31.4. The van der Waals surface area contributed by atoms with Crippen LogP contribution < -0.4 is 9.62 Å². The molecular formula is C30H32ClFN4O4S. The van der Waals surface area contributed by atoms with Gasteiger partial charge >= 0.3 is 0 Å². The van der Waals surface area contributed by atoms with E-state index >= 15 is 0 Å². The molecule has 2 aromatic carbocycles. The summed E-state index contributed by atoms with van der Waals surface area (Å²) in [5.41, 5.74) is 1.53. The highest BCUT2D eigenvalue weighted by Gasteiger charge is 2.56. The Labute approximate surface area is 244 Å². The van der Waals surface area contributed by atoms with Crippen LogP contribution in [0.5, 0.6) is 0 Å². The van der Waals surface area contributed by atoms with Crippen molar-refractivity contribution in [3.8, 4) is 0 Å². The molecule has 1 fully saturated rings. The fourth-order valence-electron chi connectivity index (χ4n) is 6.31. The quantitative estimate of drug-likeness (QED) is 0.434. The van der Waals surface area contributed by atoms with Crippen LogP contribution in [0.1, 0.15) is 55.2 Å². The summed E-state index contributed by atoms with van der Waals surface area (Å²) in [7, 11) is -4.09. The van der Waals surface area contributed by atoms with Crippen LogP contribution in [0, 0.1) is 11.7 Å². The van der Waals surface area contributed by atoms with Crippen LogP contribution in [0.4, 0.5) is 10.1 Å². The summed E-state index contributed by atoms with van der Waals surface area (Å²) in [6.45, 7) is 6.56. The average molecular weight is 599 g/mol. The zero-order valence-corrected chi connectivity index (χ0v) is 24.7. The number of carbonyl (C=O) groups excluding carboxylic acids is 2. The fourth-order valence-corrected chi connectivity index (χ4v) is 8.37. The minimum atomic E-state index is -4.09. The number of piperidine rings is 1. The number of pyridine rings is 1. The Kier molecular flexibility index (Phi) is 7.82. The first-order valence-electron chi connectivity index (χ1n) is 13.5. The molecule has 8 nitrogen and oxygen atoms in total. The van der Waals surface area contributed by atoms with E-state index in [-0.39, 0.29) is 29.2 Å². The van der Waals surface area contributed by atoms with Crippen LogP contribution in [0.25, 0.3) is 0 Å². The van der Waals surface area contributed by atoms with Crippen molar-refractivity contribution in [2.75, 3.05) is 17.4 Å². The van der Waals surface area contributed by atoms with Gasteiger partial charge in [0.25, 0.3) is 15.9 Å². The zero-order valence-electron chi connectivity index (χ0n) is 23.1. The standard InChI is InChI=1S/C30H32ClFN4O4S/c1-19(2)28-30(12-15-35(16-13-30)20(3)37)24-17-21(29(38)34-18-26-25(31)5-4-14-33-26)6-11-27(24)36(28)41(39,40)23-9-7-22(32)8-10-23/h4-11,14,17,19,28H,12-13,15-16,18H2,1-3H3,(H,34,38). The predicted molar refractivity (Wildman–Crippen MR) is 155 cm³/mol. The number of anilines is 1. The molecule has 3 heterocycles. The summed E-state index contributed by atoms with van der Waals surface area (Å²) in [6.07, 6.45) is 2.67. The van der Waals surface area contributed by atoms with E-state index in [4.69, 9.17) is 11.6 Å². The van der Waals surface area contributed by atoms with E-state index in [9.17, 15) is 22.4 Å². The lowest BCUT2D eigenvalue weighted by Crippen LogP contribution is -2.55. The summed E-state index contributed by atoms with van der Waals surface area (Å²) < 4.78 is 43.5. The number of benzene rings is 2. The number of aromatic nitrogens is 1. The average Bonchev–Trinajstić information content (AvgIpc) is 3.23. The van der Waals surface area contributed by atoms with Gasteiger partial charge in [0.2, 0.25) is 5.91 Å². The van der Waals surface area contributed by atoms with E-state index < -0.39 is 27.3 Å². The van der Waals surface area contributed by atoms with Crippen molar-refractivity contribution in [2.45, 2.75) is 56.5 Å². The molecule has 2 aliphatic heterocycles. The molecule has 0 radical (unpaired) electrons. The number of sulfonamides is 1. The van der Waals surface area contributed by atoms with Crippen LogP contribution in [0.15, 0.2) is 65.7 Å². The van der Waals surface area contributed by atoms with Gasteiger partial charge in [-0.3, -0.25) is 18.9 Å². The number of nitrogens with zero attached hydrogens (tertiary/aromatic N) is 3. The van der Waals surface area contributed by atoms with Gasteiger partial charge in [0.1, 0.15) is 5.82 Å². The lowest BCUT2D eigenvalue weighted by molar-refractivity contribution is -0.130. The number of fused-ring (bicyclic) bond motifs is 2. The Morgan fingerprint density at radius 2 is 1.80 bits per heavy atom. The van der Waals surface area contributed by atoms with Gasteiger partial charge in [-0.05, 0) is 78.9 Å². The van der Waals surface area contributed by atoms with Crippen molar-refractivity contribution in [3.63, 3.8) is 0 Å². The van der Waals surface area contributed by atoms with Crippen molar-refractivity contribution in [1.29, 1.82) is 0 Å². The monoisotopic (exact) mass is 598 g/mol. The normalized spacial score (nSPS) is 18.0. The smallest absolute Gasteiger partial charge is 0.264 e. The number of likely N-dealkylation sites (tertiary alicyclic amines) is 1. The minimum absolute atomic E-state index is 0.0113. The van der Waals surface area contributed by atoms with E-state index in [1.54, 1.807) is 41.4 Å². The van der Waals surface area contributed by atoms with Crippen molar-refractivity contribution in [3.05, 3.63) is 88.5 Å². The molecule has 0 saturated carbocycles. The molecule has 0 aliphatic carbocycles. The maximum absolute atomic E-state index is 14.2. The SMILES string of the molecule is CC(=O)N1CCC2(CC1)c1cc(C(=O)NCc3ncccc3Cl)ccc1N(S(=O)(=O)c1ccc(F)cc1)C2C(C)C. The number of halogens is 2. The highest BCUT2D eigenvalue weighted by molar-refractivity contribution is 7.92. The molecule has 2 amide bonds. The number of nitrogens with one attached hydrogen (secondary N) is 1. The van der Waals surface area contributed by atoms with Gasteiger partial charge in [0.15, 0.2) is 0 Å². The fraction of sp³-hybridized carbons (Fsp3) is 0.367. The van der Waals surface area contributed by atoms with E-state index in [0.717, 1.165) is 17.7 Å². The molecular weight excluding hydrogens is 567 g/mol. The first-order chi connectivity index (χ1) is 19.5. The van der Waals surface area contributed by atoms with Gasteiger partial charge in [-0.2, -0.15) is 0 Å².